The van der Waals surface area contributed by atoms with Crippen LogP contribution in [0.1, 0.15) is 39.0 Å². The average molecular weight is 180 g/mol. The van der Waals surface area contributed by atoms with Gasteiger partial charge in [-0.15, -0.1) is 0 Å². The van der Waals surface area contributed by atoms with Crippen molar-refractivity contribution in [3.8, 4) is 0 Å². The van der Waals surface area contributed by atoms with E-state index in [0.717, 1.165) is 17.8 Å². The van der Waals surface area contributed by atoms with Gasteiger partial charge in [0.25, 0.3) is 0 Å². The van der Waals surface area contributed by atoms with E-state index in [1.165, 1.54) is 25.7 Å². The fourth-order valence-electron chi connectivity index (χ4n) is 1.68. The Morgan fingerprint density at radius 1 is 1.23 bits per heavy atom. The quantitative estimate of drug-likeness (QED) is 0.638. The van der Waals surface area contributed by atoms with Crippen molar-refractivity contribution in [2.75, 3.05) is 0 Å². The maximum Gasteiger partial charge on any atom is 0.0508 e. The standard InChI is InChI=1S/C11H20N2/c1-2-3-4-5-6-9-7-8-10(12)11(9)13/h7-9H,2-6,12-13H2,1H3/t9-/m0/s1. The Hall–Kier alpha value is -0.920. The van der Waals surface area contributed by atoms with Crippen molar-refractivity contribution >= 4 is 0 Å². The van der Waals surface area contributed by atoms with Crippen molar-refractivity contribution < 1.29 is 0 Å². The summed E-state index contributed by atoms with van der Waals surface area (Å²) in [5, 5.41) is 0. The number of nitrogens with two attached hydrogens (primary N) is 2. The van der Waals surface area contributed by atoms with Crippen molar-refractivity contribution in [1.82, 2.24) is 0 Å². The van der Waals surface area contributed by atoms with E-state index in [1.807, 2.05) is 6.08 Å². The SMILES string of the molecule is CCCCCC[C@H]1C=CC(N)=C1N. The van der Waals surface area contributed by atoms with E-state index in [9.17, 15) is 0 Å². The van der Waals surface area contributed by atoms with Crippen LogP contribution in [0, 0.1) is 5.92 Å². The van der Waals surface area contributed by atoms with Crippen molar-refractivity contribution in [1.29, 1.82) is 0 Å². The van der Waals surface area contributed by atoms with Crippen LogP contribution in [0.2, 0.25) is 0 Å². The molecule has 2 heteroatoms. The monoisotopic (exact) mass is 180 g/mol. The summed E-state index contributed by atoms with van der Waals surface area (Å²) in [4.78, 5) is 0. The molecule has 13 heavy (non-hydrogen) atoms. The molecule has 1 aliphatic rings. The molecule has 0 aromatic rings. The van der Waals surface area contributed by atoms with Gasteiger partial charge in [0.2, 0.25) is 0 Å². The van der Waals surface area contributed by atoms with Gasteiger partial charge < -0.3 is 11.5 Å². The lowest BCUT2D eigenvalue weighted by Crippen LogP contribution is -2.11. The molecule has 0 bridgehead atoms. The lowest BCUT2D eigenvalue weighted by molar-refractivity contribution is 0.575. The van der Waals surface area contributed by atoms with Gasteiger partial charge in [0.15, 0.2) is 0 Å². The zero-order chi connectivity index (χ0) is 9.68. The van der Waals surface area contributed by atoms with Gasteiger partial charge in [-0.05, 0) is 12.5 Å². The second-order valence-corrected chi connectivity index (χ2v) is 3.73. The molecule has 0 heterocycles. The maximum atomic E-state index is 5.83. The fourth-order valence-corrected chi connectivity index (χ4v) is 1.68. The van der Waals surface area contributed by atoms with E-state index in [0.29, 0.717) is 5.92 Å². The smallest absolute Gasteiger partial charge is 0.0508 e. The highest BCUT2D eigenvalue weighted by Crippen LogP contribution is 2.23. The Balaban J connectivity index is 2.20. The van der Waals surface area contributed by atoms with E-state index in [2.05, 4.69) is 13.0 Å². The molecule has 0 aromatic heterocycles. The van der Waals surface area contributed by atoms with E-state index < -0.39 is 0 Å². The summed E-state index contributed by atoms with van der Waals surface area (Å²) in [6.45, 7) is 2.22. The van der Waals surface area contributed by atoms with Crippen LogP contribution >= 0.6 is 0 Å². The van der Waals surface area contributed by atoms with Crippen LogP contribution in [0.25, 0.3) is 0 Å². The summed E-state index contributed by atoms with van der Waals surface area (Å²) in [7, 11) is 0. The van der Waals surface area contributed by atoms with Crippen molar-refractivity contribution in [3.63, 3.8) is 0 Å². The minimum absolute atomic E-state index is 0.414. The Labute approximate surface area is 80.7 Å². The van der Waals surface area contributed by atoms with E-state index >= 15 is 0 Å². The number of hydrogen-bond donors (Lipinski definition) is 2. The van der Waals surface area contributed by atoms with Gasteiger partial charge in [-0.1, -0.05) is 38.7 Å². The Morgan fingerprint density at radius 3 is 2.54 bits per heavy atom. The van der Waals surface area contributed by atoms with Crippen LogP contribution in [0.5, 0.6) is 0 Å². The molecule has 1 aliphatic carbocycles. The number of rotatable bonds is 5. The molecule has 2 nitrogen and oxygen atoms in total. The predicted molar refractivity (Wildman–Crippen MR) is 56.8 cm³/mol. The van der Waals surface area contributed by atoms with Gasteiger partial charge in [0.1, 0.15) is 0 Å². The van der Waals surface area contributed by atoms with Crippen molar-refractivity contribution in [3.05, 3.63) is 23.5 Å². The zero-order valence-electron chi connectivity index (χ0n) is 8.42. The van der Waals surface area contributed by atoms with Crippen LogP contribution in [-0.2, 0) is 0 Å². The molecule has 0 amide bonds. The topological polar surface area (TPSA) is 52.0 Å². The summed E-state index contributed by atoms with van der Waals surface area (Å²) in [6.07, 6.45) is 10.4. The highest BCUT2D eigenvalue weighted by Gasteiger charge is 2.14. The van der Waals surface area contributed by atoms with E-state index in [4.69, 9.17) is 11.5 Å². The summed E-state index contributed by atoms with van der Waals surface area (Å²) in [6, 6.07) is 0. The van der Waals surface area contributed by atoms with E-state index in [-0.39, 0.29) is 0 Å². The predicted octanol–water partition coefficient (Wildman–Crippen LogP) is 2.27. The Kier molecular flexibility index (Phi) is 3.87. The second-order valence-electron chi connectivity index (χ2n) is 3.73. The fraction of sp³-hybridized carbons (Fsp3) is 0.636. The number of allylic oxidation sites excluding steroid dienone is 2. The molecule has 0 spiro atoms. The van der Waals surface area contributed by atoms with Gasteiger partial charge in [-0.3, -0.25) is 0 Å². The van der Waals surface area contributed by atoms with Crippen LogP contribution in [0.4, 0.5) is 0 Å². The molecule has 74 valence electrons. The average Bonchev–Trinajstić information content (AvgIpc) is 2.43. The molecular formula is C11H20N2. The van der Waals surface area contributed by atoms with Gasteiger partial charge in [-0.2, -0.15) is 0 Å². The first-order valence-corrected chi connectivity index (χ1v) is 5.19. The maximum absolute atomic E-state index is 5.83. The number of hydrogen-bond acceptors (Lipinski definition) is 2. The lowest BCUT2D eigenvalue weighted by atomic mass is 10.00. The molecule has 0 saturated carbocycles. The molecule has 0 radical (unpaired) electrons. The third-order valence-electron chi connectivity index (χ3n) is 2.61. The van der Waals surface area contributed by atoms with Crippen molar-refractivity contribution in [2.45, 2.75) is 39.0 Å². The highest BCUT2D eigenvalue weighted by atomic mass is 14.7. The van der Waals surface area contributed by atoms with Gasteiger partial charge in [0.05, 0.1) is 5.70 Å². The van der Waals surface area contributed by atoms with Gasteiger partial charge in [0, 0.05) is 11.6 Å². The van der Waals surface area contributed by atoms with Crippen LogP contribution in [0.3, 0.4) is 0 Å². The summed E-state index contributed by atoms with van der Waals surface area (Å²) in [5.41, 5.74) is 13.1. The minimum Gasteiger partial charge on any atom is -0.400 e. The first kappa shape index (κ1) is 10.2. The summed E-state index contributed by atoms with van der Waals surface area (Å²) >= 11 is 0. The second kappa shape index (κ2) is 4.95. The first-order valence-electron chi connectivity index (χ1n) is 5.19. The van der Waals surface area contributed by atoms with Crippen LogP contribution in [-0.4, -0.2) is 0 Å². The molecular weight excluding hydrogens is 160 g/mol. The molecule has 0 fully saturated rings. The third kappa shape index (κ3) is 2.79. The summed E-state index contributed by atoms with van der Waals surface area (Å²) < 4.78 is 0. The Morgan fingerprint density at radius 2 is 2.00 bits per heavy atom. The molecule has 1 rings (SSSR count). The van der Waals surface area contributed by atoms with Crippen molar-refractivity contribution in [2.24, 2.45) is 17.4 Å². The van der Waals surface area contributed by atoms with Gasteiger partial charge in [-0.25, -0.2) is 0 Å². The molecule has 0 aromatic carbocycles. The lowest BCUT2D eigenvalue weighted by Gasteiger charge is -2.09. The zero-order valence-corrected chi connectivity index (χ0v) is 8.42. The van der Waals surface area contributed by atoms with Crippen LogP contribution in [0.15, 0.2) is 23.5 Å². The molecule has 0 saturated heterocycles. The Bertz CT molecular complexity index is 216. The minimum atomic E-state index is 0.414. The largest absolute Gasteiger partial charge is 0.400 e. The molecule has 0 aliphatic heterocycles. The summed E-state index contributed by atoms with van der Waals surface area (Å²) in [5.74, 6) is 0.414. The molecule has 0 unspecified atom stereocenters. The third-order valence-corrected chi connectivity index (χ3v) is 2.61. The van der Waals surface area contributed by atoms with Crippen LogP contribution < -0.4 is 11.5 Å². The normalized spacial score (nSPS) is 21.5. The highest BCUT2D eigenvalue weighted by molar-refractivity contribution is 5.32. The first-order chi connectivity index (χ1) is 6.25. The molecule has 4 N–H and O–H groups in total. The molecule has 1 atom stereocenters. The van der Waals surface area contributed by atoms with E-state index in [1.54, 1.807) is 0 Å². The number of unbranched alkanes of at least 4 members (excludes halogenated alkanes) is 3. The van der Waals surface area contributed by atoms with Gasteiger partial charge >= 0.3 is 0 Å².